The van der Waals surface area contributed by atoms with Crippen molar-refractivity contribution in [2.45, 2.75) is 62.7 Å². The van der Waals surface area contributed by atoms with E-state index in [2.05, 4.69) is 30.3 Å². The summed E-state index contributed by atoms with van der Waals surface area (Å²) < 4.78 is 0.608. The molecule has 88 valence electrons. The van der Waals surface area contributed by atoms with Gasteiger partial charge in [0.25, 0.3) is 0 Å². The van der Waals surface area contributed by atoms with Crippen LogP contribution in [0.25, 0.3) is 0 Å². The van der Waals surface area contributed by atoms with Crippen LogP contribution < -0.4 is 5.32 Å². The smallest absolute Gasteiger partial charge is 0.0281 e. The highest BCUT2D eigenvalue weighted by molar-refractivity contribution is 8.00. The zero-order valence-corrected chi connectivity index (χ0v) is 11.0. The van der Waals surface area contributed by atoms with E-state index in [9.17, 15) is 0 Å². The molecule has 0 heterocycles. The second-order valence-electron chi connectivity index (χ2n) is 5.49. The van der Waals surface area contributed by atoms with Crippen LogP contribution in [-0.2, 0) is 0 Å². The lowest BCUT2D eigenvalue weighted by Crippen LogP contribution is -2.48. The summed E-state index contributed by atoms with van der Waals surface area (Å²) >= 11 is 2.09. The second-order valence-corrected chi connectivity index (χ2v) is 6.76. The van der Waals surface area contributed by atoms with Gasteiger partial charge in [0.05, 0.1) is 0 Å². The molecule has 2 atom stereocenters. The first-order chi connectivity index (χ1) is 7.26. The van der Waals surface area contributed by atoms with Crippen molar-refractivity contribution >= 4 is 11.8 Å². The third-order valence-corrected chi connectivity index (χ3v) is 5.91. The Morgan fingerprint density at radius 2 is 1.93 bits per heavy atom. The van der Waals surface area contributed by atoms with Gasteiger partial charge >= 0.3 is 0 Å². The Kier molecular flexibility index (Phi) is 4.00. The molecular formula is C13H25NS. The van der Waals surface area contributed by atoms with Gasteiger partial charge in [0.15, 0.2) is 0 Å². The van der Waals surface area contributed by atoms with Crippen molar-refractivity contribution in [1.29, 1.82) is 0 Å². The van der Waals surface area contributed by atoms with E-state index >= 15 is 0 Å². The molecule has 0 radical (unpaired) electrons. The van der Waals surface area contributed by atoms with E-state index in [1.807, 2.05) is 0 Å². The molecule has 15 heavy (non-hydrogen) atoms. The van der Waals surface area contributed by atoms with Gasteiger partial charge in [0, 0.05) is 17.3 Å². The summed E-state index contributed by atoms with van der Waals surface area (Å²) in [5.74, 6) is 0.901. The highest BCUT2D eigenvalue weighted by atomic mass is 32.2. The Hall–Kier alpha value is 0.310. The Labute approximate surface area is 98.8 Å². The van der Waals surface area contributed by atoms with Crippen molar-refractivity contribution < 1.29 is 0 Å². The largest absolute Gasteiger partial charge is 0.312 e. The van der Waals surface area contributed by atoms with Crippen LogP contribution in [0.15, 0.2) is 0 Å². The molecule has 0 aliphatic heterocycles. The van der Waals surface area contributed by atoms with Gasteiger partial charge in [-0.05, 0) is 37.9 Å². The molecule has 0 aromatic heterocycles. The van der Waals surface area contributed by atoms with Crippen LogP contribution in [0.2, 0.25) is 0 Å². The summed E-state index contributed by atoms with van der Waals surface area (Å²) in [5.41, 5.74) is 0. The Bertz CT molecular complexity index is 195. The summed E-state index contributed by atoms with van der Waals surface area (Å²) in [7, 11) is 0. The number of rotatable bonds is 4. The SMILES string of the molecule is CSC1(CNC2CCCCC2C)CCC1. The fourth-order valence-electron chi connectivity index (χ4n) is 2.96. The first-order valence-corrected chi connectivity index (χ1v) is 7.77. The maximum absolute atomic E-state index is 3.84. The minimum Gasteiger partial charge on any atom is -0.312 e. The normalized spacial score (nSPS) is 34.8. The summed E-state index contributed by atoms with van der Waals surface area (Å²) in [4.78, 5) is 0. The molecule has 0 aromatic rings. The summed E-state index contributed by atoms with van der Waals surface area (Å²) in [6.07, 6.45) is 12.3. The molecule has 2 unspecified atom stereocenters. The van der Waals surface area contributed by atoms with E-state index in [4.69, 9.17) is 0 Å². The average Bonchev–Trinajstić information content (AvgIpc) is 2.19. The molecule has 2 rings (SSSR count). The number of nitrogens with one attached hydrogen (secondary N) is 1. The first-order valence-electron chi connectivity index (χ1n) is 6.54. The molecule has 1 nitrogen and oxygen atoms in total. The van der Waals surface area contributed by atoms with Crippen LogP contribution >= 0.6 is 11.8 Å². The lowest BCUT2D eigenvalue weighted by atomic mass is 9.82. The molecule has 1 N–H and O–H groups in total. The highest BCUT2D eigenvalue weighted by Crippen LogP contribution is 2.42. The first kappa shape index (κ1) is 11.8. The maximum Gasteiger partial charge on any atom is 0.0281 e. The van der Waals surface area contributed by atoms with Gasteiger partial charge in [-0.3, -0.25) is 0 Å². The Morgan fingerprint density at radius 1 is 1.20 bits per heavy atom. The van der Waals surface area contributed by atoms with Crippen LogP contribution in [0.3, 0.4) is 0 Å². The van der Waals surface area contributed by atoms with Crippen LogP contribution in [0.5, 0.6) is 0 Å². The van der Waals surface area contributed by atoms with E-state index in [1.54, 1.807) is 0 Å². The van der Waals surface area contributed by atoms with E-state index in [0.717, 1.165) is 12.0 Å². The quantitative estimate of drug-likeness (QED) is 0.789. The van der Waals surface area contributed by atoms with E-state index in [-0.39, 0.29) is 0 Å². The summed E-state index contributed by atoms with van der Waals surface area (Å²) in [6.45, 7) is 3.67. The topological polar surface area (TPSA) is 12.0 Å². The van der Waals surface area contributed by atoms with E-state index < -0.39 is 0 Å². The van der Waals surface area contributed by atoms with Gasteiger partial charge in [-0.15, -0.1) is 0 Å². The number of hydrogen-bond donors (Lipinski definition) is 1. The van der Waals surface area contributed by atoms with Crippen molar-refractivity contribution in [3.05, 3.63) is 0 Å². The average molecular weight is 227 g/mol. The van der Waals surface area contributed by atoms with E-state index in [0.29, 0.717) is 4.75 Å². The molecule has 0 saturated heterocycles. The maximum atomic E-state index is 3.84. The second kappa shape index (κ2) is 5.09. The van der Waals surface area contributed by atoms with Crippen LogP contribution in [0, 0.1) is 5.92 Å². The molecule has 2 aliphatic rings. The lowest BCUT2D eigenvalue weighted by molar-refractivity contribution is 0.251. The van der Waals surface area contributed by atoms with Crippen LogP contribution in [0.4, 0.5) is 0 Å². The predicted molar refractivity (Wildman–Crippen MR) is 69.5 cm³/mol. The highest BCUT2D eigenvalue weighted by Gasteiger charge is 2.36. The fraction of sp³-hybridized carbons (Fsp3) is 1.00. The van der Waals surface area contributed by atoms with E-state index in [1.165, 1.54) is 51.5 Å². The predicted octanol–water partition coefficient (Wildman–Crippen LogP) is 3.44. The fourth-order valence-corrected chi connectivity index (χ4v) is 3.89. The van der Waals surface area contributed by atoms with Gasteiger partial charge in [-0.2, -0.15) is 11.8 Å². The molecular weight excluding hydrogens is 202 g/mol. The van der Waals surface area contributed by atoms with Crippen molar-refractivity contribution in [2.24, 2.45) is 5.92 Å². The third-order valence-electron chi connectivity index (χ3n) is 4.50. The van der Waals surface area contributed by atoms with Gasteiger partial charge in [0.2, 0.25) is 0 Å². The minimum absolute atomic E-state index is 0.608. The Balaban J connectivity index is 1.76. The molecule has 0 spiro atoms. The van der Waals surface area contributed by atoms with Crippen molar-refractivity contribution in [3.8, 4) is 0 Å². The monoisotopic (exact) mass is 227 g/mol. The van der Waals surface area contributed by atoms with Crippen molar-refractivity contribution in [3.63, 3.8) is 0 Å². The van der Waals surface area contributed by atoms with Gasteiger partial charge in [-0.1, -0.05) is 26.2 Å². The molecule has 2 heteroatoms. The molecule has 0 amide bonds. The number of hydrogen-bond acceptors (Lipinski definition) is 2. The number of thioether (sulfide) groups is 1. The summed E-state index contributed by atoms with van der Waals surface area (Å²) in [6, 6.07) is 0.809. The van der Waals surface area contributed by atoms with Crippen molar-refractivity contribution in [2.75, 3.05) is 12.8 Å². The van der Waals surface area contributed by atoms with Crippen LogP contribution in [0.1, 0.15) is 51.9 Å². The molecule has 0 aromatic carbocycles. The standard InChI is InChI=1S/C13H25NS/c1-11-6-3-4-7-12(11)14-10-13(15-2)8-5-9-13/h11-12,14H,3-10H2,1-2H3. The zero-order chi connectivity index (χ0) is 10.7. The Morgan fingerprint density at radius 3 is 2.47 bits per heavy atom. The minimum atomic E-state index is 0.608. The van der Waals surface area contributed by atoms with Gasteiger partial charge < -0.3 is 5.32 Å². The molecule has 2 aliphatic carbocycles. The van der Waals surface area contributed by atoms with Crippen molar-refractivity contribution in [1.82, 2.24) is 5.32 Å². The molecule has 2 fully saturated rings. The molecule has 0 bridgehead atoms. The van der Waals surface area contributed by atoms with Gasteiger partial charge in [-0.25, -0.2) is 0 Å². The van der Waals surface area contributed by atoms with Crippen LogP contribution in [-0.4, -0.2) is 23.6 Å². The zero-order valence-electron chi connectivity index (χ0n) is 10.2. The van der Waals surface area contributed by atoms with Gasteiger partial charge in [0.1, 0.15) is 0 Å². The lowest BCUT2D eigenvalue weighted by Gasteiger charge is -2.42. The molecule has 2 saturated carbocycles. The third kappa shape index (κ3) is 2.71. The summed E-state index contributed by atoms with van der Waals surface area (Å²) in [5, 5.41) is 3.84.